The first kappa shape index (κ1) is 28.8. The smallest absolute Gasteiger partial charge is 0.389 e. The van der Waals surface area contributed by atoms with E-state index in [4.69, 9.17) is 11.2 Å². The van der Waals surface area contributed by atoms with Gasteiger partial charge in [0.2, 0.25) is 16.0 Å². The van der Waals surface area contributed by atoms with Gasteiger partial charge in [0.1, 0.15) is 12.2 Å². The van der Waals surface area contributed by atoms with Crippen LogP contribution in [0.4, 0.5) is 19.1 Å². The highest BCUT2D eigenvalue weighted by molar-refractivity contribution is 7.89. The van der Waals surface area contributed by atoms with Gasteiger partial charge in [-0.2, -0.15) is 18.3 Å². The highest BCUT2D eigenvalue weighted by atomic mass is 32.2. The van der Waals surface area contributed by atoms with Crippen molar-refractivity contribution in [1.29, 1.82) is 0 Å². The van der Waals surface area contributed by atoms with Crippen molar-refractivity contribution in [2.45, 2.75) is 57.5 Å². The van der Waals surface area contributed by atoms with E-state index in [0.717, 1.165) is 6.20 Å². The van der Waals surface area contributed by atoms with Crippen LogP contribution < -0.4 is 5.32 Å². The molecule has 37 heavy (non-hydrogen) atoms. The molecule has 2 aromatic rings. The first-order valence-corrected chi connectivity index (χ1v) is 13.3. The van der Waals surface area contributed by atoms with E-state index in [0.29, 0.717) is 19.3 Å². The number of aromatic nitrogens is 4. The van der Waals surface area contributed by atoms with Crippen LogP contribution in [0.2, 0.25) is 0 Å². The first-order chi connectivity index (χ1) is 17.3. The number of aliphatic hydroxyl groups is 1. The van der Waals surface area contributed by atoms with Crippen molar-refractivity contribution in [3.8, 4) is 23.6 Å². The summed E-state index contributed by atoms with van der Waals surface area (Å²) >= 11 is 0. The predicted molar refractivity (Wildman–Crippen MR) is 131 cm³/mol. The zero-order chi connectivity index (χ0) is 27.3. The highest BCUT2D eigenvalue weighted by Gasteiger charge is 2.36. The second-order valence-corrected chi connectivity index (χ2v) is 11.5. The summed E-state index contributed by atoms with van der Waals surface area (Å²) in [6.07, 6.45) is 4.99. The predicted octanol–water partition coefficient (Wildman–Crippen LogP) is 2.38. The number of halogens is 3. The molecule has 0 saturated carbocycles. The molecule has 0 aromatic carbocycles. The minimum absolute atomic E-state index is 0.00482. The van der Waals surface area contributed by atoms with Crippen LogP contribution in [-0.2, 0) is 27.5 Å². The summed E-state index contributed by atoms with van der Waals surface area (Å²) in [6.45, 7) is 4.14. The molecule has 14 heteroatoms. The van der Waals surface area contributed by atoms with Crippen molar-refractivity contribution >= 4 is 16.0 Å². The Hall–Kier alpha value is -2.73. The molecule has 0 atom stereocenters. The van der Waals surface area contributed by atoms with Gasteiger partial charge < -0.3 is 15.2 Å². The van der Waals surface area contributed by atoms with Crippen LogP contribution >= 0.6 is 0 Å². The van der Waals surface area contributed by atoms with Gasteiger partial charge in [0.25, 0.3) is 0 Å². The fourth-order valence-electron chi connectivity index (χ4n) is 3.91. The van der Waals surface area contributed by atoms with E-state index in [2.05, 4.69) is 26.3 Å². The lowest BCUT2D eigenvalue weighted by molar-refractivity contribution is -0.137. The Morgan fingerprint density at radius 3 is 2.59 bits per heavy atom. The normalized spacial score (nSPS) is 16.0. The molecule has 3 heterocycles. The number of ether oxygens (including phenoxy) is 1. The van der Waals surface area contributed by atoms with E-state index in [1.807, 2.05) is 0 Å². The molecule has 0 spiro atoms. The van der Waals surface area contributed by atoms with E-state index >= 15 is 0 Å². The number of sulfonamides is 1. The zero-order valence-electron chi connectivity index (χ0n) is 20.7. The van der Waals surface area contributed by atoms with Gasteiger partial charge in [-0.1, -0.05) is 5.92 Å². The Kier molecular flexibility index (Phi) is 9.17. The molecular formula is C23H31F3N6O4S. The van der Waals surface area contributed by atoms with Crippen molar-refractivity contribution in [3.05, 3.63) is 24.2 Å². The molecule has 1 fully saturated rings. The highest BCUT2D eigenvalue weighted by Crippen LogP contribution is 2.36. The van der Waals surface area contributed by atoms with Crippen LogP contribution in [0.15, 0.2) is 18.6 Å². The van der Waals surface area contributed by atoms with Crippen LogP contribution in [0.1, 0.15) is 38.7 Å². The Bertz CT molecular complexity index is 1200. The van der Waals surface area contributed by atoms with Crippen molar-refractivity contribution in [1.82, 2.24) is 24.1 Å². The number of hydrogen-bond donors (Lipinski definition) is 2. The number of piperidine rings is 1. The number of nitrogens with zero attached hydrogens (tertiary/aromatic N) is 5. The SMILES string of the molecule is C#CCOCCCS(=O)(=O)N1CCC(Nc2ncc(C(F)(F)F)c(-c3cnn(CC(C)(C)O)c3)n2)CC1. The molecule has 0 bridgehead atoms. The summed E-state index contributed by atoms with van der Waals surface area (Å²) in [4.78, 5) is 7.98. The Balaban J connectivity index is 1.67. The topological polar surface area (TPSA) is 122 Å². The lowest BCUT2D eigenvalue weighted by Gasteiger charge is -2.31. The minimum Gasteiger partial charge on any atom is -0.389 e. The van der Waals surface area contributed by atoms with Crippen LogP contribution in [-0.4, -0.2) is 81.3 Å². The Morgan fingerprint density at radius 2 is 1.97 bits per heavy atom. The summed E-state index contributed by atoms with van der Waals surface area (Å²) < 4.78 is 74.0. The molecule has 1 saturated heterocycles. The van der Waals surface area contributed by atoms with Gasteiger partial charge in [0.05, 0.1) is 29.8 Å². The quantitative estimate of drug-likeness (QED) is 0.327. The molecule has 3 rings (SSSR count). The third-order valence-corrected chi connectivity index (χ3v) is 7.56. The molecule has 0 aliphatic carbocycles. The number of nitrogens with one attached hydrogen (secondary N) is 1. The van der Waals surface area contributed by atoms with E-state index in [-0.39, 0.29) is 61.8 Å². The third kappa shape index (κ3) is 8.39. The van der Waals surface area contributed by atoms with E-state index < -0.39 is 27.4 Å². The lowest BCUT2D eigenvalue weighted by atomic mass is 10.1. The fourth-order valence-corrected chi connectivity index (χ4v) is 5.42. The minimum atomic E-state index is -4.68. The van der Waals surface area contributed by atoms with Crippen LogP contribution in [0.25, 0.3) is 11.3 Å². The number of terminal acetylenes is 1. The van der Waals surface area contributed by atoms with Gasteiger partial charge in [-0.25, -0.2) is 22.7 Å². The van der Waals surface area contributed by atoms with Crippen LogP contribution in [0.3, 0.4) is 0 Å². The summed E-state index contributed by atoms with van der Waals surface area (Å²) in [6, 6.07) is -0.215. The van der Waals surface area contributed by atoms with Crippen molar-refractivity contribution < 1.29 is 31.4 Å². The first-order valence-electron chi connectivity index (χ1n) is 11.7. The van der Waals surface area contributed by atoms with E-state index in [1.54, 1.807) is 13.8 Å². The lowest BCUT2D eigenvalue weighted by Crippen LogP contribution is -2.43. The fraction of sp³-hybridized carbons (Fsp3) is 0.609. The second kappa shape index (κ2) is 11.8. The largest absolute Gasteiger partial charge is 0.419 e. The zero-order valence-corrected chi connectivity index (χ0v) is 21.5. The van der Waals surface area contributed by atoms with Gasteiger partial charge >= 0.3 is 6.18 Å². The Labute approximate surface area is 214 Å². The standard InChI is InChI=1S/C23H31F3N6O4S/c1-4-10-36-11-5-12-37(34,35)32-8-6-18(7-9-32)29-21-27-14-19(23(24,25)26)20(30-21)17-13-28-31(15-17)16-22(2,3)33/h1,13-15,18,33H,5-12,16H2,2-3H3,(H,27,29,30). The van der Waals surface area contributed by atoms with E-state index in [1.165, 1.54) is 21.4 Å². The van der Waals surface area contributed by atoms with Gasteiger partial charge in [-0.05, 0) is 33.1 Å². The second-order valence-electron chi connectivity index (χ2n) is 9.44. The Morgan fingerprint density at radius 1 is 1.27 bits per heavy atom. The molecule has 2 N–H and O–H groups in total. The summed E-state index contributed by atoms with van der Waals surface area (Å²) in [7, 11) is -3.45. The average molecular weight is 545 g/mol. The summed E-state index contributed by atoms with van der Waals surface area (Å²) in [5.41, 5.74) is -2.31. The molecular weight excluding hydrogens is 513 g/mol. The monoisotopic (exact) mass is 544 g/mol. The van der Waals surface area contributed by atoms with Gasteiger partial charge in [0.15, 0.2) is 0 Å². The molecule has 10 nitrogen and oxygen atoms in total. The molecule has 0 unspecified atom stereocenters. The third-order valence-electron chi connectivity index (χ3n) is 5.61. The van der Waals surface area contributed by atoms with Crippen molar-refractivity contribution in [2.24, 2.45) is 0 Å². The molecule has 204 valence electrons. The number of alkyl halides is 3. The summed E-state index contributed by atoms with van der Waals surface area (Å²) in [5, 5.41) is 17.1. The maximum atomic E-state index is 13.7. The van der Waals surface area contributed by atoms with Gasteiger partial charge in [-0.3, -0.25) is 4.68 Å². The van der Waals surface area contributed by atoms with Gasteiger partial charge in [-0.15, -0.1) is 6.42 Å². The number of anilines is 1. The van der Waals surface area contributed by atoms with Gasteiger partial charge in [0, 0.05) is 43.7 Å². The molecule has 1 aliphatic heterocycles. The molecule has 2 aromatic heterocycles. The van der Waals surface area contributed by atoms with E-state index in [9.17, 15) is 26.7 Å². The maximum Gasteiger partial charge on any atom is 0.419 e. The maximum absolute atomic E-state index is 13.7. The number of rotatable bonds is 11. The van der Waals surface area contributed by atoms with Crippen molar-refractivity contribution in [2.75, 3.05) is 37.4 Å². The molecule has 0 radical (unpaired) electrons. The average Bonchev–Trinajstić information content (AvgIpc) is 3.25. The summed E-state index contributed by atoms with van der Waals surface area (Å²) in [5.74, 6) is 2.27. The number of hydrogen-bond acceptors (Lipinski definition) is 8. The van der Waals surface area contributed by atoms with Crippen molar-refractivity contribution in [3.63, 3.8) is 0 Å². The van der Waals surface area contributed by atoms with Crippen LogP contribution in [0.5, 0.6) is 0 Å². The molecule has 1 aliphatic rings. The molecule has 0 amide bonds. The van der Waals surface area contributed by atoms with Crippen LogP contribution in [0, 0.1) is 12.3 Å².